The summed E-state index contributed by atoms with van der Waals surface area (Å²) in [5, 5.41) is 0. The van der Waals surface area contributed by atoms with Gasteiger partial charge in [-0.05, 0) is 30.7 Å². The first-order valence-corrected chi connectivity index (χ1v) is 4.39. The summed E-state index contributed by atoms with van der Waals surface area (Å²) < 4.78 is 39.4. The molecule has 6 heteroatoms. The molecule has 1 rings (SSSR count). The lowest BCUT2D eigenvalue weighted by atomic mass is 10.1. The van der Waals surface area contributed by atoms with Gasteiger partial charge in [0.15, 0.2) is 6.61 Å². The molecule has 0 saturated heterocycles. The fourth-order valence-electron chi connectivity index (χ4n) is 1.03. The molecule has 0 radical (unpaired) electrons. The monoisotopic (exact) mass is 233 g/mol. The van der Waals surface area contributed by atoms with Gasteiger partial charge in [0.25, 0.3) is 0 Å². The number of hydrogen-bond donors (Lipinski definition) is 1. The Labute approximate surface area is 90.0 Å². The van der Waals surface area contributed by atoms with Crippen LogP contribution in [0.15, 0.2) is 18.2 Å². The van der Waals surface area contributed by atoms with Crippen LogP contribution < -0.4 is 5.73 Å². The van der Waals surface area contributed by atoms with Crippen LogP contribution in [0.4, 0.5) is 18.9 Å². The molecule has 0 atom stereocenters. The van der Waals surface area contributed by atoms with E-state index in [0.717, 1.165) is 0 Å². The van der Waals surface area contributed by atoms with Crippen molar-refractivity contribution in [1.82, 2.24) is 0 Å². The Kier molecular flexibility index (Phi) is 3.41. The number of rotatable bonds is 2. The van der Waals surface area contributed by atoms with Crippen LogP contribution in [0.1, 0.15) is 15.9 Å². The number of esters is 1. The first kappa shape index (κ1) is 12.4. The van der Waals surface area contributed by atoms with Gasteiger partial charge in [0.2, 0.25) is 0 Å². The zero-order valence-electron chi connectivity index (χ0n) is 8.47. The van der Waals surface area contributed by atoms with E-state index in [2.05, 4.69) is 4.74 Å². The zero-order valence-corrected chi connectivity index (χ0v) is 8.47. The zero-order chi connectivity index (χ0) is 12.3. The summed E-state index contributed by atoms with van der Waals surface area (Å²) in [7, 11) is 0. The SMILES string of the molecule is Cc1cc(C(=O)OCC(F)(F)F)ccc1N. The molecule has 0 amide bonds. The number of nitrogens with two attached hydrogens (primary N) is 1. The molecule has 0 saturated carbocycles. The van der Waals surface area contributed by atoms with Crippen LogP contribution in [-0.2, 0) is 4.74 Å². The lowest BCUT2D eigenvalue weighted by molar-refractivity contribution is -0.161. The molecule has 0 aliphatic rings. The molecular formula is C10H10F3NO2. The Hall–Kier alpha value is -1.72. The van der Waals surface area contributed by atoms with E-state index in [9.17, 15) is 18.0 Å². The Bertz CT molecular complexity index is 402. The van der Waals surface area contributed by atoms with Crippen LogP contribution in [0.5, 0.6) is 0 Å². The molecule has 0 spiro atoms. The van der Waals surface area contributed by atoms with E-state index in [1.165, 1.54) is 18.2 Å². The predicted octanol–water partition coefficient (Wildman–Crippen LogP) is 2.30. The van der Waals surface area contributed by atoms with Gasteiger partial charge in [-0.3, -0.25) is 0 Å². The number of benzene rings is 1. The number of carbonyl (C=O) groups excluding carboxylic acids is 1. The molecule has 0 heterocycles. The minimum Gasteiger partial charge on any atom is -0.452 e. The Morgan fingerprint density at radius 2 is 2.06 bits per heavy atom. The van der Waals surface area contributed by atoms with Gasteiger partial charge in [0, 0.05) is 5.69 Å². The van der Waals surface area contributed by atoms with Crippen molar-refractivity contribution in [3.63, 3.8) is 0 Å². The van der Waals surface area contributed by atoms with E-state index in [4.69, 9.17) is 5.73 Å². The third-order valence-electron chi connectivity index (χ3n) is 1.87. The van der Waals surface area contributed by atoms with Crippen LogP contribution in [0.3, 0.4) is 0 Å². The van der Waals surface area contributed by atoms with E-state index in [1.54, 1.807) is 6.92 Å². The number of halogens is 3. The Balaban J connectivity index is 2.70. The number of carbonyl (C=O) groups is 1. The van der Waals surface area contributed by atoms with Gasteiger partial charge in [-0.1, -0.05) is 0 Å². The minimum absolute atomic E-state index is 0.0518. The molecule has 0 aliphatic carbocycles. The van der Waals surface area contributed by atoms with Gasteiger partial charge in [0.1, 0.15) is 0 Å². The topological polar surface area (TPSA) is 52.3 Å². The van der Waals surface area contributed by atoms with Crippen molar-refractivity contribution in [2.75, 3.05) is 12.3 Å². The molecule has 3 nitrogen and oxygen atoms in total. The highest BCUT2D eigenvalue weighted by atomic mass is 19.4. The number of aryl methyl sites for hydroxylation is 1. The first-order chi connectivity index (χ1) is 7.29. The van der Waals surface area contributed by atoms with E-state index in [0.29, 0.717) is 11.3 Å². The number of hydrogen-bond acceptors (Lipinski definition) is 3. The van der Waals surface area contributed by atoms with E-state index in [-0.39, 0.29) is 5.56 Å². The van der Waals surface area contributed by atoms with E-state index < -0.39 is 18.8 Å². The molecule has 0 bridgehead atoms. The maximum Gasteiger partial charge on any atom is 0.422 e. The second-order valence-electron chi connectivity index (χ2n) is 3.26. The van der Waals surface area contributed by atoms with Gasteiger partial charge in [0.05, 0.1) is 5.56 Å². The number of ether oxygens (including phenoxy) is 1. The third kappa shape index (κ3) is 3.45. The molecule has 0 fully saturated rings. The molecule has 1 aromatic carbocycles. The van der Waals surface area contributed by atoms with E-state index >= 15 is 0 Å². The summed E-state index contributed by atoms with van der Waals surface area (Å²) in [4.78, 5) is 11.2. The van der Waals surface area contributed by atoms with Crippen LogP contribution >= 0.6 is 0 Å². The smallest absolute Gasteiger partial charge is 0.422 e. The van der Waals surface area contributed by atoms with Crippen molar-refractivity contribution in [2.45, 2.75) is 13.1 Å². The largest absolute Gasteiger partial charge is 0.452 e. The molecule has 0 aliphatic heterocycles. The fourth-order valence-corrected chi connectivity index (χ4v) is 1.03. The lowest BCUT2D eigenvalue weighted by Crippen LogP contribution is -2.20. The van der Waals surface area contributed by atoms with Crippen LogP contribution in [-0.4, -0.2) is 18.8 Å². The van der Waals surface area contributed by atoms with Gasteiger partial charge in [-0.15, -0.1) is 0 Å². The quantitative estimate of drug-likeness (QED) is 0.629. The summed E-state index contributed by atoms with van der Waals surface area (Å²) in [6, 6.07) is 4.15. The number of anilines is 1. The normalized spacial score (nSPS) is 11.2. The van der Waals surface area contributed by atoms with Gasteiger partial charge < -0.3 is 10.5 Å². The molecule has 0 aromatic heterocycles. The van der Waals surface area contributed by atoms with Crippen molar-refractivity contribution in [3.05, 3.63) is 29.3 Å². The Morgan fingerprint density at radius 1 is 1.44 bits per heavy atom. The minimum atomic E-state index is -4.52. The molecule has 1 aromatic rings. The highest BCUT2D eigenvalue weighted by molar-refractivity contribution is 5.90. The summed E-state index contributed by atoms with van der Waals surface area (Å²) in [5.41, 5.74) is 6.63. The maximum absolute atomic E-state index is 11.8. The molecule has 88 valence electrons. The van der Waals surface area contributed by atoms with Gasteiger partial charge >= 0.3 is 12.1 Å². The summed E-state index contributed by atoms with van der Waals surface area (Å²) in [6.07, 6.45) is -4.52. The predicted molar refractivity (Wildman–Crippen MR) is 51.9 cm³/mol. The Morgan fingerprint density at radius 3 is 2.56 bits per heavy atom. The molecule has 16 heavy (non-hydrogen) atoms. The second kappa shape index (κ2) is 4.42. The third-order valence-corrected chi connectivity index (χ3v) is 1.87. The summed E-state index contributed by atoms with van der Waals surface area (Å²) in [5.74, 6) is -1.01. The summed E-state index contributed by atoms with van der Waals surface area (Å²) in [6.45, 7) is 0.0606. The van der Waals surface area contributed by atoms with Gasteiger partial charge in [-0.2, -0.15) is 13.2 Å². The second-order valence-corrected chi connectivity index (χ2v) is 3.26. The molecule has 2 N–H and O–H groups in total. The van der Waals surface area contributed by atoms with Crippen LogP contribution in [0.2, 0.25) is 0 Å². The van der Waals surface area contributed by atoms with Crippen molar-refractivity contribution in [1.29, 1.82) is 0 Å². The standard InChI is InChI=1S/C10H10F3NO2/c1-6-4-7(2-3-8(6)14)9(15)16-5-10(11,12)13/h2-4H,5,14H2,1H3. The van der Waals surface area contributed by atoms with Crippen molar-refractivity contribution < 1.29 is 22.7 Å². The highest BCUT2D eigenvalue weighted by Crippen LogP contribution is 2.17. The lowest BCUT2D eigenvalue weighted by Gasteiger charge is -2.08. The maximum atomic E-state index is 11.8. The first-order valence-electron chi connectivity index (χ1n) is 4.39. The average Bonchev–Trinajstić information content (AvgIpc) is 2.17. The molecule has 0 unspecified atom stereocenters. The van der Waals surface area contributed by atoms with Crippen molar-refractivity contribution in [2.24, 2.45) is 0 Å². The number of alkyl halides is 3. The molecular weight excluding hydrogens is 223 g/mol. The summed E-state index contributed by atoms with van der Waals surface area (Å²) >= 11 is 0. The van der Waals surface area contributed by atoms with Crippen molar-refractivity contribution in [3.8, 4) is 0 Å². The fraction of sp³-hybridized carbons (Fsp3) is 0.300. The van der Waals surface area contributed by atoms with Crippen LogP contribution in [0, 0.1) is 6.92 Å². The van der Waals surface area contributed by atoms with E-state index in [1.807, 2.05) is 0 Å². The average molecular weight is 233 g/mol. The highest BCUT2D eigenvalue weighted by Gasteiger charge is 2.29. The number of nitrogen functional groups attached to an aromatic ring is 1. The van der Waals surface area contributed by atoms with Crippen LogP contribution in [0.25, 0.3) is 0 Å². The van der Waals surface area contributed by atoms with Gasteiger partial charge in [-0.25, -0.2) is 4.79 Å². The van der Waals surface area contributed by atoms with Crippen molar-refractivity contribution >= 4 is 11.7 Å².